The van der Waals surface area contributed by atoms with Crippen LogP contribution in [0.3, 0.4) is 0 Å². The van der Waals surface area contributed by atoms with Crippen molar-refractivity contribution in [2.45, 2.75) is 97.2 Å². The molecule has 0 aromatic carbocycles. The number of nitrogens with one attached hydrogen (secondary N) is 2. The number of likely N-dealkylation sites (tertiary alicyclic amines) is 1. The molecule has 2 aliphatic heterocycles. The molecule has 2 saturated heterocycles. The summed E-state index contributed by atoms with van der Waals surface area (Å²) in [6.07, 6.45) is 7.14. The molecule has 5 fully saturated rings. The number of fused-ring (bicyclic) bond motifs is 1. The number of amides is 3. The van der Waals surface area contributed by atoms with Crippen molar-refractivity contribution >= 4 is 27.9 Å². The molecule has 0 radical (unpaired) electrons. The Balaban J connectivity index is 1.40. The van der Waals surface area contributed by atoms with Gasteiger partial charge in [-0.15, -0.1) is 6.58 Å². The van der Waals surface area contributed by atoms with Crippen molar-refractivity contribution in [1.82, 2.24) is 19.2 Å². The highest BCUT2D eigenvalue weighted by Crippen LogP contribution is 2.88. The van der Waals surface area contributed by atoms with Crippen molar-refractivity contribution in [2.75, 3.05) is 19.6 Å². The van der Waals surface area contributed by atoms with Gasteiger partial charge in [0.1, 0.15) is 11.6 Å². The molecule has 3 saturated carbocycles. The second kappa shape index (κ2) is 8.76. The zero-order valence-electron chi connectivity index (χ0n) is 24.0. The lowest BCUT2D eigenvalue weighted by molar-refractivity contribution is -0.142. The van der Waals surface area contributed by atoms with E-state index in [1.165, 1.54) is 4.31 Å². The van der Waals surface area contributed by atoms with E-state index in [0.717, 1.165) is 32.1 Å². The molecule has 2 heterocycles. The fraction of sp³-hybridized carbons (Fsp3) is 0.821. The van der Waals surface area contributed by atoms with Gasteiger partial charge in [-0.25, -0.2) is 4.72 Å². The molecule has 11 heteroatoms. The standard InChI is InChI=1S/C28H45N5O5S/c1-7-18-15-28(18,23(36)31-39(37,38)32-13-8-9-14-32)30-21(34)19-16-27(25(5,6)26(27)11-10-12-26)17-33(19)22(35)20(29)24(2,3)4/h7,18-20H,1,8-17,29H2,2-6H3,(H,30,34)(H,31,36)/t18-,19+,20-,27-,28-/m1/s1. The van der Waals surface area contributed by atoms with Gasteiger partial charge in [-0.1, -0.05) is 47.1 Å². The minimum atomic E-state index is -4.01. The highest BCUT2D eigenvalue weighted by Gasteiger charge is 2.85. The summed E-state index contributed by atoms with van der Waals surface area (Å²) in [5, 5.41) is 2.90. The Bertz CT molecular complexity index is 1200. The predicted molar refractivity (Wildman–Crippen MR) is 147 cm³/mol. The average Bonchev–Trinajstić information content (AvgIpc) is 3.30. The molecule has 4 N–H and O–H groups in total. The maximum Gasteiger partial charge on any atom is 0.303 e. The van der Waals surface area contributed by atoms with Crippen LogP contribution >= 0.6 is 0 Å². The molecule has 3 amide bonds. The number of nitrogens with two attached hydrogens (primary N) is 1. The van der Waals surface area contributed by atoms with Crippen LogP contribution in [-0.2, 0) is 24.6 Å². The van der Waals surface area contributed by atoms with Crippen LogP contribution in [0.1, 0.15) is 79.6 Å². The van der Waals surface area contributed by atoms with Crippen molar-refractivity contribution in [3.8, 4) is 0 Å². The summed E-state index contributed by atoms with van der Waals surface area (Å²) in [5.74, 6) is -1.85. The predicted octanol–water partition coefficient (Wildman–Crippen LogP) is 1.67. The molecular weight excluding hydrogens is 518 g/mol. The van der Waals surface area contributed by atoms with E-state index in [9.17, 15) is 22.8 Å². The van der Waals surface area contributed by atoms with Crippen LogP contribution < -0.4 is 15.8 Å². The topological polar surface area (TPSA) is 142 Å². The lowest BCUT2D eigenvalue weighted by Crippen LogP contribution is -2.59. The first-order valence-electron chi connectivity index (χ1n) is 14.3. The molecule has 5 aliphatic rings. The fourth-order valence-electron chi connectivity index (χ4n) is 8.15. The lowest BCUT2D eigenvalue weighted by Gasteiger charge is -2.34. The zero-order chi connectivity index (χ0) is 28.8. The Kier molecular flexibility index (Phi) is 6.41. The summed E-state index contributed by atoms with van der Waals surface area (Å²) in [6, 6.07) is -1.57. The number of hydrogen-bond acceptors (Lipinski definition) is 6. The van der Waals surface area contributed by atoms with E-state index in [0.29, 0.717) is 26.1 Å². The Hall–Kier alpha value is -1.98. The first-order valence-corrected chi connectivity index (χ1v) is 15.8. The number of carbonyl (C=O) groups is 3. The molecule has 39 heavy (non-hydrogen) atoms. The van der Waals surface area contributed by atoms with Crippen LogP contribution in [-0.4, -0.2) is 72.6 Å². The van der Waals surface area contributed by atoms with E-state index in [-0.39, 0.29) is 28.6 Å². The first kappa shape index (κ1) is 28.5. The molecule has 0 aromatic rings. The highest BCUT2D eigenvalue weighted by atomic mass is 32.2. The molecule has 10 nitrogen and oxygen atoms in total. The normalized spacial score (nSPS) is 35.4. The van der Waals surface area contributed by atoms with Gasteiger partial charge in [0.25, 0.3) is 5.91 Å². The maximum atomic E-state index is 14.0. The molecule has 0 aromatic heterocycles. The quantitative estimate of drug-likeness (QED) is 0.403. The molecular formula is C28H45N5O5S. The highest BCUT2D eigenvalue weighted by molar-refractivity contribution is 7.87. The Morgan fingerprint density at radius 2 is 1.67 bits per heavy atom. The maximum absolute atomic E-state index is 14.0. The first-order chi connectivity index (χ1) is 18.0. The summed E-state index contributed by atoms with van der Waals surface area (Å²) >= 11 is 0. The van der Waals surface area contributed by atoms with E-state index in [2.05, 4.69) is 30.5 Å². The Labute approximate surface area is 232 Å². The zero-order valence-corrected chi connectivity index (χ0v) is 24.8. The van der Waals surface area contributed by atoms with Gasteiger partial charge in [0.15, 0.2) is 0 Å². The van der Waals surface area contributed by atoms with Gasteiger partial charge in [0.05, 0.1) is 6.04 Å². The van der Waals surface area contributed by atoms with E-state index in [1.807, 2.05) is 20.8 Å². The molecule has 5 rings (SSSR count). The second-order valence-corrected chi connectivity index (χ2v) is 15.9. The van der Waals surface area contributed by atoms with E-state index >= 15 is 0 Å². The SMILES string of the molecule is C=C[C@@H]1C[C@]1(NC(=O)[C@@H]1C[C@@]2(CN1C(=O)[C@@H](N)C(C)(C)C)C(C)(C)C21CCC1)C(=O)NS(=O)(=O)N1CCCC1. The van der Waals surface area contributed by atoms with Crippen molar-refractivity contribution in [3.63, 3.8) is 0 Å². The van der Waals surface area contributed by atoms with Crippen LogP contribution in [0.2, 0.25) is 0 Å². The third-order valence-electron chi connectivity index (χ3n) is 11.3. The summed E-state index contributed by atoms with van der Waals surface area (Å²) in [4.78, 5) is 42.8. The molecule has 0 unspecified atom stereocenters. The van der Waals surface area contributed by atoms with E-state index in [1.54, 1.807) is 11.0 Å². The third kappa shape index (κ3) is 3.93. The summed E-state index contributed by atoms with van der Waals surface area (Å²) in [5.41, 5.74) is 4.44. The summed E-state index contributed by atoms with van der Waals surface area (Å²) in [6.45, 7) is 15.2. The van der Waals surface area contributed by atoms with Crippen molar-refractivity contribution < 1.29 is 22.8 Å². The van der Waals surface area contributed by atoms with Gasteiger partial charge in [-0.3, -0.25) is 14.4 Å². The van der Waals surface area contributed by atoms with Gasteiger partial charge in [-0.05, 0) is 54.8 Å². The van der Waals surface area contributed by atoms with Crippen LogP contribution in [0.4, 0.5) is 0 Å². The molecule has 5 atom stereocenters. The summed E-state index contributed by atoms with van der Waals surface area (Å²) in [7, 11) is -4.01. The molecule has 3 aliphatic carbocycles. The van der Waals surface area contributed by atoms with Gasteiger partial charge in [0, 0.05) is 31.0 Å². The van der Waals surface area contributed by atoms with Crippen LogP contribution in [0, 0.1) is 27.6 Å². The van der Waals surface area contributed by atoms with Crippen LogP contribution in [0.25, 0.3) is 0 Å². The largest absolute Gasteiger partial charge is 0.339 e. The minimum Gasteiger partial charge on any atom is -0.339 e. The van der Waals surface area contributed by atoms with Crippen molar-refractivity contribution in [1.29, 1.82) is 0 Å². The van der Waals surface area contributed by atoms with Crippen LogP contribution in [0.5, 0.6) is 0 Å². The third-order valence-corrected chi connectivity index (χ3v) is 12.8. The number of rotatable bonds is 7. The number of hydrogen-bond donors (Lipinski definition) is 3. The van der Waals surface area contributed by atoms with Gasteiger partial charge in [0.2, 0.25) is 11.8 Å². The molecule has 218 valence electrons. The van der Waals surface area contributed by atoms with Gasteiger partial charge < -0.3 is 16.0 Å². The van der Waals surface area contributed by atoms with Gasteiger partial charge in [-0.2, -0.15) is 12.7 Å². The number of nitrogens with zero attached hydrogens (tertiary/aromatic N) is 2. The molecule has 0 bridgehead atoms. The smallest absolute Gasteiger partial charge is 0.303 e. The van der Waals surface area contributed by atoms with Crippen LogP contribution in [0.15, 0.2) is 12.7 Å². The van der Waals surface area contributed by atoms with Gasteiger partial charge >= 0.3 is 10.2 Å². The summed E-state index contributed by atoms with van der Waals surface area (Å²) < 4.78 is 29.1. The lowest BCUT2D eigenvalue weighted by atomic mass is 9.73. The van der Waals surface area contributed by atoms with E-state index < -0.39 is 51.0 Å². The number of carbonyl (C=O) groups excluding carboxylic acids is 3. The fourth-order valence-corrected chi connectivity index (χ4v) is 9.44. The minimum absolute atomic E-state index is 0.0141. The Morgan fingerprint density at radius 3 is 2.13 bits per heavy atom. The average molecular weight is 564 g/mol. The van der Waals surface area contributed by atoms with Crippen molar-refractivity contribution in [3.05, 3.63) is 12.7 Å². The molecule has 2 spiro atoms. The Morgan fingerprint density at radius 1 is 1.05 bits per heavy atom. The monoisotopic (exact) mass is 563 g/mol. The second-order valence-electron chi connectivity index (χ2n) is 14.2. The van der Waals surface area contributed by atoms with E-state index in [4.69, 9.17) is 5.73 Å². The van der Waals surface area contributed by atoms with Crippen molar-refractivity contribution in [2.24, 2.45) is 33.3 Å².